The van der Waals surface area contributed by atoms with Crippen molar-refractivity contribution in [2.24, 2.45) is 0 Å². The van der Waals surface area contributed by atoms with Gasteiger partial charge in [-0.2, -0.15) is 0 Å². The lowest BCUT2D eigenvalue weighted by Crippen LogP contribution is -2.62. The minimum absolute atomic E-state index is 0.00901. The van der Waals surface area contributed by atoms with Gasteiger partial charge in [-0.1, -0.05) is 191 Å². The monoisotopic (exact) mass is 912 g/mol. The van der Waals surface area contributed by atoms with E-state index < -0.39 is 0 Å². The Morgan fingerprint density at radius 1 is 0.386 bits per heavy atom. The van der Waals surface area contributed by atoms with Gasteiger partial charge in [-0.25, -0.2) is 0 Å². The molecule has 0 aromatic heterocycles. The van der Waals surface area contributed by atoms with Crippen LogP contribution in [0.15, 0.2) is 176 Å². The van der Waals surface area contributed by atoms with Crippen molar-refractivity contribution in [1.82, 2.24) is 0 Å². The van der Waals surface area contributed by atoms with Crippen LogP contribution in [0.2, 0.25) is 0 Å². The van der Waals surface area contributed by atoms with E-state index >= 15 is 0 Å². The number of benzene rings is 8. The molecule has 3 nitrogen and oxygen atoms in total. The Morgan fingerprint density at radius 2 is 0.886 bits per heavy atom. The fraction of sp³-hybridized carbons (Fsp3) is 0.273. The Bertz CT molecular complexity index is 3390. The lowest BCUT2D eigenvalue weighted by molar-refractivity contribution is 0.133. The second-order valence-electron chi connectivity index (χ2n) is 24.3. The SMILES string of the molecule is CC(C)(C)c1cccc(N2c3cc(C(C)(C)C)ccc3B3c4ccc(-c5ccccc5)cc4N(c4cccc(-c5ccccc5)c4)c4cc(N5c6ccc(C(C)(C)C)cc6C6(C)CCC56C)cc2c43)c1. The van der Waals surface area contributed by atoms with Crippen LogP contribution in [-0.4, -0.2) is 12.3 Å². The van der Waals surface area contributed by atoms with Gasteiger partial charge in [0.25, 0.3) is 6.71 Å². The number of nitrogens with zero attached hydrogens (tertiary/aromatic N) is 3. The van der Waals surface area contributed by atoms with Gasteiger partial charge in [0.15, 0.2) is 0 Å². The molecular formula is C66H66BN3. The second kappa shape index (κ2) is 15.4. The summed E-state index contributed by atoms with van der Waals surface area (Å²) in [4.78, 5) is 8.03. The summed E-state index contributed by atoms with van der Waals surface area (Å²) >= 11 is 0. The van der Waals surface area contributed by atoms with Gasteiger partial charge >= 0.3 is 0 Å². The van der Waals surface area contributed by atoms with Crippen molar-refractivity contribution in [2.75, 3.05) is 14.7 Å². The standard InChI is InChI=1S/C66H66BN3/c1-62(2,3)47-25-19-27-51(38-47)69-58-40-49(64(7,8)9)29-32-55(58)67-54-31-28-46(44-22-16-13-17-23-44)37-57(54)68(50-26-18-24-45(36-50)43-20-14-12-15-21-43)59-41-52(42-60(69)61(59)67)70-56-33-30-48(63(4,5)6)39-53(56)65(10)34-35-66(65,70)11/h12-33,36-42H,34-35H2,1-11H3. The molecule has 1 fully saturated rings. The molecule has 3 aliphatic heterocycles. The van der Waals surface area contributed by atoms with Crippen molar-refractivity contribution in [3.63, 3.8) is 0 Å². The van der Waals surface area contributed by atoms with Crippen molar-refractivity contribution in [3.05, 3.63) is 198 Å². The third-order valence-corrected chi connectivity index (χ3v) is 17.0. The van der Waals surface area contributed by atoms with Gasteiger partial charge in [0.1, 0.15) is 0 Å². The zero-order valence-corrected chi connectivity index (χ0v) is 43.1. The number of fused-ring (bicyclic) bond motifs is 7. The smallest absolute Gasteiger partial charge is 0.252 e. The molecule has 4 heteroatoms. The zero-order chi connectivity index (χ0) is 48.7. The summed E-state index contributed by atoms with van der Waals surface area (Å²) in [7, 11) is 0. The molecule has 8 aromatic carbocycles. The maximum Gasteiger partial charge on any atom is 0.252 e. The Morgan fingerprint density at radius 3 is 1.47 bits per heavy atom. The third-order valence-electron chi connectivity index (χ3n) is 17.0. The van der Waals surface area contributed by atoms with E-state index in [9.17, 15) is 0 Å². The molecule has 2 atom stereocenters. The van der Waals surface area contributed by atoms with E-state index in [1.54, 1.807) is 0 Å². The fourth-order valence-corrected chi connectivity index (χ4v) is 12.5. The van der Waals surface area contributed by atoms with Crippen LogP contribution in [-0.2, 0) is 21.7 Å². The first kappa shape index (κ1) is 44.4. The second-order valence-corrected chi connectivity index (χ2v) is 24.3. The average molecular weight is 912 g/mol. The molecule has 2 unspecified atom stereocenters. The van der Waals surface area contributed by atoms with Crippen LogP contribution in [0.1, 0.15) is 111 Å². The van der Waals surface area contributed by atoms with Gasteiger partial charge in [-0.05, 0) is 152 Å². The first-order valence-electron chi connectivity index (χ1n) is 25.7. The number of hydrogen-bond acceptors (Lipinski definition) is 3. The highest BCUT2D eigenvalue weighted by atomic mass is 15.3. The first-order chi connectivity index (χ1) is 33.3. The highest BCUT2D eigenvalue weighted by Crippen LogP contribution is 2.66. The van der Waals surface area contributed by atoms with E-state index in [0.29, 0.717) is 0 Å². The summed E-state index contributed by atoms with van der Waals surface area (Å²) in [5.41, 5.74) is 24.1. The summed E-state index contributed by atoms with van der Waals surface area (Å²) in [5.74, 6) is 0. The average Bonchev–Trinajstić information content (AvgIpc) is 3.47. The number of anilines is 8. The molecule has 12 rings (SSSR count). The Hall–Kier alpha value is -6.78. The van der Waals surface area contributed by atoms with Crippen molar-refractivity contribution in [1.29, 1.82) is 0 Å². The maximum absolute atomic E-state index is 2.77. The van der Waals surface area contributed by atoms with E-state index in [1.807, 2.05) is 0 Å². The minimum Gasteiger partial charge on any atom is -0.334 e. The lowest BCUT2D eigenvalue weighted by Gasteiger charge is -2.56. The predicted molar refractivity (Wildman–Crippen MR) is 301 cm³/mol. The van der Waals surface area contributed by atoms with Gasteiger partial charge in [0, 0.05) is 50.9 Å². The van der Waals surface area contributed by atoms with Crippen LogP contribution in [0.4, 0.5) is 45.5 Å². The van der Waals surface area contributed by atoms with Gasteiger partial charge in [-0.15, -0.1) is 0 Å². The molecule has 0 radical (unpaired) electrons. The molecule has 3 heterocycles. The van der Waals surface area contributed by atoms with Crippen molar-refractivity contribution in [2.45, 2.75) is 116 Å². The maximum atomic E-state index is 2.77. The molecule has 1 aliphatic carbocycles. The molecule has 70 heavy (non-hydrogen) atoms. The summed E-state index contributed by atoms with van der Waals surface area (Å²) < 4.78 is 0. The normalized spacial score (nSPS) is 19.0. The van der Waals surface area contributed by atoms with Gasteiger partial charge in [0.05, 0.1) is 5.54 Å². The summed E-state index contributed by atoms with van der Waals surface area (Å²) in [6.07, 6.45) is 2.29. The van der Waals surface area contributed by atoms with Gasteiger partial charge < -0.3 is 14.7 Å². The molecule has 0 amide bonds. The zero-order valence-electron chi connectivity index (χ0n) is 43.1. The van der Waals surface area contributed by atoms with Crippen LogP contribution in [0.3, 0.4) is 0 Å². The van der Waals surface area contributed by atoms with Crippen LogP contribution in [0, 0.1) is 0 Å². The molecule has 348 valence electrons. The highest BCUT2D eigenvalue weighted by Gasteiger charge is 2.63. The Balaban J connectivity index is 1.21. The molecular weight excluding hydrogens is 846 g/mol. The molecule has 8 aromatic rings. The Kier molecular flexibility index (Phi) is 9.75. The van der Waals surface area contributed by atoms with E-state index in [-0.39, 0.29) is 33.9 Å². The van der Waals surface area contributed by atoms with E-state index in [4.69, 9.17) is 0 Å². The first-order valence-corrected chi connectivity index (χ1v) is 25.7. The fourth-order valence-electron chi connectivity index (χ4n) is 12.5. The molecule has 4 aliphatic rings. The van der Waals surface area contributed by atoms with Crippen LogP contribution < -0.4 is 31.1 Å². The van der Waals surface area contributed by atoms with E-state index in [1.165, 1.54) is 107 Å². The minimum atomic E-state index is -0.111. The lowest BCUT2D eigenvalue weighted by atomic mass is 9.33. The quantitative estimate of drug-likeness (QED) is 0.159. The molecule has 0 N–H and O–H groups in total. The van der Waals surface area contributed by atoms with E-state index in [2.05, 4.69) is 267 Å². The molecule has 0 bridgehead atoms. The topological polar surface area (TPSA) is 9.72 Å². The Labute approximate surface area is 417 Å². The van der Waals surface area contributed by atoms with Gasteiger partial charge in [0.2, 0.25) is 0 Å². The number of rotatable bonds is 5. The highest BCUT2D eigenvalue weighted by molar-refractivity contribution is 7.00. The van der Waals surface area contributed by atoms with Crippen LogP contribution in [0.25, 0.3) is 22.3 Å². The third kappa shape index (κ3) is 6.69. The summed E-state index contributed by atoms with van der Waals surface area (Å²) in [6.45, 7) is 26.2. The summed E-state index contributed by atoms with van der Waals surface area (Å²) in [6, 6.07) is 67.7. The van der Waals surface area contributed by atoms with E-state index in [0.717, 1.165) is 12.1 Å². The van der Waals surface area contributed by atoms with Crippen molar-refractivity contribution in [3.8, 4) is 22.3 Å². The molecule has 0 spiro atoms. The van der Waals surface area contributed by atoms with Crippen molar-refractivity contribution >= 4 is 68.6 Å². The van der Waals surface area contributed by atoms with Crippen molar-refractivity contribution < 1.29 is 0 Å². The largest absolute Gasteiger partial charge is 0.334 e. The molecule has 1 saturated carbocycles. The predicted octanol–water partition coefficient (Wildman–Crippen LogP) is 16.0. The molecule has 0 saturated heterocycles. The van der Waals surface area contributed by atoms with Gasteiger partial charge in [-0.3, -0.25) is 0 Å². The number of hydrogen-bond donors (Lipinski definition) is 0. The van der Waals surface area contributed by atoms with Crippen LogP contribution in [0.5, 0.6) is 0 Å². The van der Waals surface area contributed by atoms with Crippen LogP contribution >= 0.6 is 0 Å². The summed E-state index contributed by atoms with van der Waals surface area (Å²) in [5, 5.41) is 0.